The topological polar surface area (TPSA) is 62.3 Å². The van der Waals surface area contributed by atoms with Gasteiger partial charge in [-0.1, -0.05) is 23.4 Å². The first-order chi connectivity index (χ1) is 12.7. The minimum atomic E-state index is 0.265. The third-order valence-corrected chi connectivity index (χ3v) is 5.48. The van der Waals surface area contributed by atoms with Crippen LogP contribution in [0.1, 0.15) is 23.8 Å². The molecular weight excluding hydrogens is 374 g/mol. The fourth-order valence-electron chi connectivity index (χ4n) is 3.00. The minimum Gasteiger partial charge on any atom is -0.469 e. The molecule has 0 unspecified atom stereocenters. The summed E-state index contributed by atoms with van der Waals surface area (Å²) >= 11 is 7.86. The number of benzene rings is 1. The molecule has 2 aromatic heterocycles. The van der Waals surface area contributed by atoms with Crippen LogP contribution in [0, 0.1) is 6.92 Å². The van der Waals surface area contributed by atoms with Crippen LogP contribution in [0.25, 0.3) is 11.4 Å². The highest BCUT2D eigenvalue weighted by atomic mass is 35.5. The predicted octanol–water partition coefficient (Wildman–Crippen LogP) is 4.68. The van der Waals surface area contributed by atoms with E-state index in [1.807, 2.05) is 25.1 Å². The van der Waals surface area contributed by atoms with E-state index >= 15 is 0 Å². The largest absolute Gasteiger partial charge is 0.469 e. The second-order valence-electron chi connectivity index (χ2n) is 5.89. The quantitative estimate of drug-likeness (QED) is 0.588. The van der Waals surface area contributed by atoms with Crippen molar-refractivity contribution in [3.05, 3.63) is 46.4 Å². The molecule has 1 aliphatic rings. The van der Waals surface area contributed by atoms with Crippen molar-refractivity contribution >= 4 is 23.4 Å². The number of hydrogen-bond acceptors (Lipinski definition) is 6. The standard InChI is InChI=1S/C18H18ClN3O3S/c1-3-22-17(15-4-5-24-11(15)2)20-21-18(22)26-9-13-7-14(19)6-12-8-23-10-25-16(12)13/h4-7H,3,8-10H2,1-2H3. The average molecular weight is 392 g/mol. The van der Waals surface area contributed by atoms with E-state index < -0.39 is 0 Å². The summed E-state index contributed by atoms with van der Waals surface area (Å²) in [6, 6.07) is 5.74. The van der Waals surface area contributed by atoms with Crippen molar-refractivity contribution in [1.29, 1.82) is 0 Å². The summed E-state index contributed by atoms with van der Waals surface area (Å²) in [5, 5.41) is 10.3. The molecule has 3 aromatic rings. The van der Waals surface area contributed by atoms with E-state index in [0.29, 0.717) is 17.4 Å². The molecule has 136 valence electrons. The van der Waals surface area contributed by atoms with Crippen LogP contribution in [-0.4, -0.2) is 21.6 Å². The molecule has 1 aliphatic heterocycles. The molecule has 4 rings (SSSR count). The van der Waals surface area contributed by atoms with Gasteiger partial charge >= 0.3 is 0 Å². The van der Waals surface area contributed by atoms with Crippen molar-refractivity contribution < 1.29 is 13.9 Å². The summed E-state index contributed by atoms with van der Waals surface area (Å²) in [4.78, 5) is 0. The minimum absolute atomic E-state index is 0.265. The Morgan fingerprint density at radius 2 is 2.19 bits per heavy atom. The van der Waals surface area contributed by atoms with Gasteiger partial charge in [0.05, 0.1) is 18.4 Å². The highest BCUT2D eigenvalue weighted by Gasteiger charge is 2.19. The van der Waals surface area contributed by atoms with Crippen LogP contribution in [0.3, 0.4) is 0 Å². The molecule has 0 aliphatic carbocycles. The van der Waals surface area contributed by atoms with Crippen LogP contribution in [-0.2, 0) is 23.6 Å². The number of aryl methyl sites for hydroxylation is 1. The molecule has 0 N–H and O–H groups in total. The van der Waals surface area contributed by atoms with Crippen molar-refractivity contribution in [1.82, 2.24) is 14.8 Å². The second kappa shape index (κ2) is 7.34. The van der Waals surface area contributed by atoms with Crippen molar-refractivity contribution in [3.8, 4) is 17.1 Å². The molecule has 1 aromatic carbocycles. The van der Waals surface area contributed by atoms with E-state index in [1.165, 1.54) is 0 Å². The average Bonchev–Trinajstić information content (AvgIpc) is 3.24. The maximum atomic E-state index is 6.25. The smallest absolute Gasteiger partial charge is 0.191 e. The van der Waals surface area contributed by atoms with Crippen molar-refractivity contribution in [2.24, 2.45) is 0 Å². The van der Waals surface area contributed by atoms with Gasteiger partial charge in [0.2, 0.25) is 0 Å². The van der Waals surface area contributed by atoms with Gasteiger partial charge in [-0.15, -0.1) is 10.2 Å². The third kappa shape index (κ3) is 3.22. The SMILES string of the molecule is CCn1c(SCc2cc(Cl)cc3c2OCOC3)nnc1-c1ccoc1C. The number of fused-ring (bicyclic) bond motifs is 1. The van der Waals surface area contributed by atoms with Gasteiger partial charge in [0.1, 0.15) is 11.5 Å². The van der Waals surface area contributed by atoms with Crippen molar-refractivity contribution in [3.63, 3.8) is 0 Å². The van der Waals surface area contributed by atoms with E-state index in [9.17, 15) is 0 Å². The molecule has 0 fully saturated rings. The zero-order valence-corrected chi connectivity index (χ0v) is 16.1. The first-order valence-corrected chi connectivity index (χ1v) is 9.66. The summed E-state index contributed by atoms with van der Waals surface area (Å²) in [7, 11) is 0. The number of aromatic nitrogens is 3. The maximum absolute atomic E-state index is 6.25. The molecule has 0 amide bonds. The molecule has 0 radical (unpaired) electrons. The van der Waals surface area contributed by atoms with Crippen molar-refractivity contribution in [2.45, 2.75) is 37.9 Å². The van der Waals surface area contributed by atoms with Gasteiger partial charge in [0, 0.05) is 28.4 Å². The molecule has 6 nitrogen and oxygen atoms in total. The van der Waals surface area contributed by atoms with Gasteiger partial charge in [-0.05, 0) is 32.0 Å². The first-order valence-electron chi connectivity index (χ1n) is 8.29. The van der Waals surface area contributed by atoms with Gasteiger partial charge in [-0.2, -0.15) is 0 Å². The predicted molar refractivity (Wildman–Crippen MR) is 99.4 cm³/mol. The van der Waals surface area contributed by atoms with Crippen LogP contribution < -0.4 is 4.74 Å². The second-order valence-corrected chi connectivity index (χ2v) is 7.27. The van der Waals surface area contributed by atoms with Gasteiger partial charge < -0.3 is 18.5 Å². The molecule has 0 saturated carbocycles. The Morgan fingerprint density at radius 1 is 1.31 bits per heavy atom. The zero-order chi connectivity index (χ0) is 18.1. The van der Waals surface area contributed by atoms with E-state index in [0.717, 1.165) is 45.7 Å². The Morgan fingerprint density at radius 3 is 2.96 bits per heavy atom. The molecular formula is C18H18ClN3O3S. The van der Waals surface area contributed by atoms with Crippen LogP contribution in [0.5, 0.6) is 5.75 Å². The Labute approximate surface area is 160 Å². The lowest BCUT2D eigenvalue weighted by Crippen LogP contribution is -2.13. The molecule has 8 heteroatoms. The number of ether oxygens (including phenoxy) is 2. The summed E-state index contributed by atoms with van der Waals surface area (Å²) in [6.45, 7) is 5.56. The number of halogens is 1. The van der Waals surface area contributed by atoms with Gasteiger partial charge in [0.25, 0.3) is 0 Å². The van der Waals surface area contributed by atoms with Crippen LogP contribution >= 0.6 is 23.4 Å². The van der Waals surface area contributed by atoms with Gasteiger partial charge in [0.15, 0.2) is 17.8 Å². The Hall–Kier alpha value is -1.96. The third-order valence-electron chi connectivity index (χ3n) is 4.24. The van der Waals surface area contributed by atoms with Gasteiger partial charge in [-0.25, -0.2) is 0 Å². The highest BCUT2D eigenvalue weighted by Crippen LogP contribution is 2.36. The van der Waals surface area contributed by atoms with Crippen LogP contribution in [0.4, 0.5) is 0 Å². The fourth-order valence-corrected chi connectivity index (χ4v) is 4.24. The Bertz CT molecular complexity index is 938. The molecule has 0 bridgehead atoms. The zero-order valence-electron chi connectivity index (χ0n) is 14.5. The fraction of sp³-hybridized carbons (Fsp3) is 0.333. The first kappa shape index (κ1) is 17.5. The molecule has 26 heavy (non-hydrogen) atoms. The lowest BCUT2D eigenvalue weighted by molar-refractivity contribution is -0.0168. The number of hydrogen-bond donors (Lipinski definition) is 0. The summed E-state index contributed by atoms with van der Waals surface area (Å²) < 4.78 is 18.5. The summed E-state index contributed by atoms with van der Waals surface area (Å²) in [5.74, 6) is 3.20. The maximum Gasteiger partial charge on any atom is 0.191 e. The Balaban J connectivity index is 1.61. The highest BCUT2D eigenvalue weighted by molar-refractivity contribution is 7.98. The van der Waals surface area contributed by atoms with E-state index in [4.69, 9.17) is 25.5 Å². The van der Waals surface area contributed by atoms with E-state index in [1.54, 1.807) is 18.0 Å². The van der Waals surface area contributed by atoms with Gasteiger partial charge in [-0.3, -0.25) is 0 Å². The van der Waals surface area contributed by atoms with E-state index in [2.05, 4.69) is 21.7 Å². The number of furan rings is 1. The molecule has 3 heterocycles. The van der Waals surface area contributed by atoms with Crippen LogP contribution in [0.2, 0.25) is 5.02 Å². The van der Waals surface area contributed by atoms with Crippen LogP contribution in [0.15, 0.2) is 34.0 Å². The number of thioether (sulfide) groups is 1. The summed E-state index contributed by atoms with van der Waals surface area (Å²) in [5.41, 5.74) is 2.98. The summed E-state index contributed by atoms with van der Waals surface area (Å²) in [6.07, 6.45) is 1.67. The Kier molecular flexibility index (Phi) is 4.93. The van der Waals surface area contributed by atoms with E-state index in [-0.39, 0.29) is 6.79 Å². The molecule has 0 spiro atoms. The van der Waals surface area contributed by atoms with Crippen molar-refractivity contribution in [2.75, 3.05) is 6.79 Å². The molecule has 0 saturated heterocycles. The number of nitrogens with zero attached hydrogens (tertiary/aromatic N) is 3. The lowest BCUT2D eigenvalue weighted by atomic mass is 10.1. The molecule has 0 atom stereocenters. The number of rotatable bonds is 5. The lowest BCUT2D eigenvalue weighted by Gasteiger charge is -2.21. The normalized spacial score (nSPS) is 13.5. The monoisotopic (exact) mass is 391 g/mol.